The molecule has 4 heteroatoms. The molecule has 0 aliphatic carbocycles. The highest BCUT2D eigenvalue weighted by Gasteiger charge is 2.16. The van der Waals surface area contributed by atoms with Crippen LogP contribution in [0.25, 0.3) is 122 Å². The summed E-state index contributed by atoms with van der Waals surface area (Å²) in [5.74, 6) is 0.674. The van der Waals surface area contributed by atoms with Crippen LogP contribution in [0.2, 0.25) is 0 Å². The largest absolute Gasteiger partial charge is 0.309 e. The smallest absolute Gasteiger partial charge is 0.160 e. The van der Waals surface area contributed by atoms with Gasteiger partial charge in [0.2, 0.25) is 0 Å². The van der Waals surface area contributed by atoms with Crippen molar-refractivity contribution < 1.29 is 0 Å². The highest BCUT2D eigenvalue weighted by atomic mass is 15.0. The molecule has 13 aromatic rings. The quantitative estimate of drug-likeness (QED) is 0.153. The lowest BCUT2D eigenvalue weighted by molar-refractivity contribution is 1.16. The minimum atomic E-state index is 0.674. The van der Waals surface area contributed by atoms with Crippen LogP contribution in [-0.2, 0) is 0 Å². The van der Waals surface area contributed by atoms with Crippen LogP contribution in [0.1, 0.15) is 0 Å². The second-order valence-corrected chi connectivity index (χ2v) is 17.4. The fourth-order valence-corrected chi connectivity index (χ4v) is 10.0. The second kappa shape index (κ2) is 16.4. The molecule has 0 unspecified atom stereocenters. The highest BCUT2D eigenvalue weighted by molar-refractivity contribution is 6.10. The summed E-state index contributed by atoms with van der Waals surface area (Å²) >= 11 is 0. The van der Waals surface area contributed by atoms with Gasteiger partial charge in [0.1, 0.15) is 0 Å². The molecule has 0 atom stereocenters. The van der Waals surface area contributed by atoms with E-state index in [9.17, 15) is 0 Å². The highest BCUT2D eigenvalue weighted by Crippen LogP contribution is 2.37. The van der Waals surface area contributed by atoms with Crippen LogP contribution in [0.3, 0.4) is 0 Å². The Kier molecular flexibility index (Phi) is 9.47. The van der Waals surface area contributed by atoms with Crippen molar-refractivity contribution in [1.29, 1.82) is 0 Å². The van der Waals surface area contributed by atoms with Crippen LogP contribution in [0, 0.1) is 0 Å². The van der Waals surface area contributed by atoms with Crippen molar-refractivity contribution in [1.82, 2.24) is 19.1 Å². The fraction of sp³-hybridized carbons (Fsp3) is 0. The Labute approximate surface area is 394 Å². The lowest BCUT2D eigenvalue weighted by atomic mass is 9.98. The summed E-state index contributed by atoms with van der Waals surface area (Å²) in [6, 6.07) is 91.0. The van der Waals surface area contributed by atoms with E-state index in [1.807, 2.05) is 0 Å². The molecule has 3 heterocycles. The Balaban J connectivity index is 0.879. The zero-order valence-electron chi connectivity index (χ0n) is 37.0. The van der Waals surface area contributed by atoms with Crippen LogP contribution in [0.15, 0.2) is 255 Å². The van der Waals surface area contributed by atoms with Crippen molar-refractivity contribution in [3.05, 3.63) is 255 Å². The molecule has 10 aromatic carbocycles. The minimum absolute atomic E-state index is 0.674. The zero-order valence-corrected chi connectivity index (χ0v) is 37.0. The molecule has 318 valence electrons. The molecule has 0 fully saturated rings. The maximum Gasteiger partial charge on any atom is 0.160 e. The molecule has 0 N–H and O–H groups in total. The van der Waals surface area contributed by atoms with Gasteiger partial charge in [0.05, 0.1) is 33.5 Å². The van der Waals surface area contributed by atoms with E-state index in [1.165, 1.54) is 60.3 Å². The molecule has 0 saturated carbocycles. The van der Waals surface area contributed by atoms with E-state index >= 15 is 0 Å². The summed E-state index contributed by atoms with van der Waals surface area (Å²) in [7, 11) is 0. The van der Waals surface area contributed by atoms with Gasteiger partial charge in [-0.2, -0.15) is 0 Å². The molecule has 0 aliphatic heterocycles. The second-order valence-electron chi connectivity index (χ2n) is 17.4. The third-order valence-electron chi connectivity index (χ3n) is 13.4. The molecule has 0 aliphatic rings. The third kappa shape index (κ3) is 6.86. The molecule has 4 nitrogen and oxygen atoms in total. The first-order valence-electron chi connectivity index (χ1n) is 23.1. The van der Waals surface area contributed by atoms with E-state index in [1.54, 1.807) is 0 Å². The van der Waals surface area contributed by atoms with Gasteiger partial charge in [-0.05, 0) is 94.0 Å². The Morgan fingerprint density at radius 1 is 0.221 bits per heavy atom. The number of rotatable bonds is 8. The van der Waals surface area contributed by atoms with Gasteiger partial charge in [0.25, 0.3) is 0 Å². The number of nitrogens with zero attached hydrogens (tertiary/aromatic N) is 4. The maximum atomic E-state index is 5.32. The van der Waals surface area contributed by atoms with E-state index < -0.39 is 0 Å². The molecule has 13 rings (SSSR count). The predicted molar refractivity (Wildman–Crippen MR) is 283 cm³/mol. The lowest BCUT2D eigenvalue weighted by Gasteiger charge is -2.13. The SMILES string of the molecule is c1ccc(-c2cccc(-c3ccc(-c4cc(-c5cccc(-n6c7ccccc7c7ccccc76)c5)nc(-c5ccc(-c6ccc(-n7c8ccccc8c8ccccc87)cc6)cc5)n4)cc3)c2)cc1. The molecule has 0 bridgehead atoms. The summed E-state index contributed by atoms with van der Waals surface area (Å²) in [6.45, 7) is 0. The molecular weight excluding hydrogens is 825 g/mol. The predicted octanol–water partition coefficient (Wildman–Crippen LogP) is 16.7. The normalized spacial score (nSPS) is 11.5. The van der Waals surface area contributed by atoms with Crippen LogP contribution in [0.4, 0.5) is 0 Å². The van der Waals surface area contributed by atoms with E-state index in [0.717, 1.165) is 56.1 Å². The number of hydrogen-bond donors (Lipinski definition) is 0. The first kappa shape index (κ1) is 39.3. The van der Waals surface area contributed by atoms with Crippen molar-refractivity contribution in [2.45, 2.75) is 0 Å². The van der Waals surface area contributed by atoms with E-state index in [-0.39, 0.29) is 0 Å². The first-order chi connectivity index (χ1) is 33.7. The van der Waals surface area contributed by atoms with E-state index in [2.05, 4.69) is 264 Å². The Hall–Kier alpha value is -9.12. The summed E-state index contributed by atoms with van der Waals surface area (Å²) in [6.07, 6.45) is 0. The summed E-state index contributed by atoms with van der Waals surface area (Å²) in [4.78, 5) is 10.6. The molecule has 0 saturated heterocycles. The van der Waals surface area contributed by atoms with Crippen molar-refractivity contribution in [2.24, 2.45) is 0 Å². The lowest BCUT2D eigenvalue weighted by Crippen LogP contribution is -1.98. The minimum Gasteiger partial charge on any atom is -0.309 e. The number of benzene rings is 10. The average Bonchev–Trinajstić information content (AvgIpc) is 3.94. The topological polar surface area (TPSA) is 35.6 Å². The van der Waals surface area contributed by atoms with Crippen molar-refractivity contribution >= 4 is 43.6 Å². The van der Waals surface area contributed by atoms with Crippen molar-refractivity contribution in [2.75, 3.05) is 0 Å². The standard InChI is InChI=1S/C64H42N4/c1-2-14-43(15-3-1)49-16-12-17-50(40-49)46-28-32-47(33-29-46)58-42-59(51-18-13-19-53(41-51)68-62-26-10-6-22-56(62)57-23-7-11-27-63(57)68)66-64(65-58)48-34-30-44(31-35-48)45-36-38-52(39-37-45)67-60-24-8-4-20-54(60)55-21-5-9-25-61(55)67/h1-42H. The van der Waals surface area contributed by atoms with Gasteiger partial charge in [-0.25, -0.2) is 9.97 Å². The summed E-state index contributed by atoms with van der Waals surface area (Å²) in [5.41, 5.74) is 18.7. The van der Waals surface area contributed by atoms with Gasteiger partial charge in [-0.3, -0.25) is 0 Å². The van der Waals surface area contributed by atoms with E-state index in [0.29, 0.717) is 5.82 Å². The van der Waals surface area contributed by atoms with Gasteiger partial charge in [-0.1, -0.05) is 194 Å². The van der Waals surface area contributed by atoms with Crippen molar-refractivity contribution in [3.8, 4) is 78.7 Å². The monoisotopic (exact) mass is 866 g/mol. The summed E-state index contributed by atoms with van der Waals surface area (Å²) in [5, 5.41) is 4.99. The molecule has 0 radical (unpaired) electrons. The number of fused-ring (bicyclic) bond motifs is 6. The molecule has 3 aromatic heterocycles. The van der Waals surface area contributed by atoms with Crippen LogP contribution in [-0.4, -0.2) is 19.1 Å². The number of hydrogen-bond acceptors (Lipinski definition) is 2. The van der Waals surface area contributed by atoms with Gasteiger partial charge in [0, 0.05) is 49.6 Å². The Bertz CT molecular complexity index is 3890. The fourth-order valence-electron chi connectivity index (χ4n) is 10.0. The van der Waals surface area contributed by atoms with Crippen LogP contribution in [0.5, 0.6) is 0 Å². The maximum absolute atomic E-state index is 5.32. The zero-order chi connectivity index (χ0) is 45.0. The van der Waals surface area contributed by atoms with Crippen molar-refractivity contribution in [3.63, 3.8) is 0 Å². The molecule has 68 heavy (non-hydrogen) atoms. The van der Waals surface area contributed by atoms with Crippen LogP contribution < -0.4 is 0 Å². The van der Waals surface area contributed by atoms with Crippen LogP contribution >= 0.6 is 0 Å². The first-order valence-corrected chi connectivity index (χ1v) is 23.1. The molecular formula is C64H42N4. The van der Waals surface area contributed by atoms with Gasteiger partial charge >= 0.3 is 0 Å². The van der Waals surface area contributed by atoms with Gasteiger partial charge in [-0.15, -0.1) is 0 Å². The van der Waals surface area contributed by atoms with E-state index in [4.69, 9.17) is 9.97 Å². The molecule has 0 amide bonds. The molecule has 0 spiro atoms. The number of para-hydroxylation sites is 4. The summed E-state index contributed by atoms with van der Waals surface area (Å²) < 4.78 is 4.71. The number of aromatic nitrogens is 4. The average molecular weight is 867 g/mol. The third-order valence-corrected chi connectivity index (χ3v) is 13.4. The Morgan fingerprint density at radius 2 is 0.588 bits per heavy atom. The van der Waals surface area contributed by atoms with Gasteiger partial charge < -0.3 is 9.13 Å². The van der Waals surface area contributed by atoms with Gasteiger partial charge in [0.15, 0.2) is 5.82 Å². The Morgan fingerprint density at radius 3 is 1.13 bits per heavy atom.